The molecule has 2 aromatic heterocycles. The van der Waals surface area contributed by atoms with Gasteiger partial charge in [-0.15, -0.1) is 5.10 Å². The van der Waals surface area contributed by atoms with Crippen molar-refractivity contribution < 1.29 is 18.3 Å². The van der Waals surface area contributed by atoms with Gasteiger partial charge >= 0.3 is 5.97 Å². The van der Waals surface area contributed by atoms with E-state index in [2.05, 4.69) is 20.0 Å². The van der Waals surface area contributed by atoms with Crippen molar-refractivity contribution in [1.29, 1.82) is 0 Å². The molecule has 38 heavy (non-hydrogen) atoms. The number of fused-ring (bicyclic) bond motifs is 1. The van der Waals surface area contributed by atoms with E-state index in [1.807, 2.05) is 51.1 Å². The van der Waals surface area contributed by atoms with Gasteiger partial charge < -0.3 is 10.1 Å². The molecule has 3 N–H and O–H groups in total. The summed E-state index contributed by atoms with van der Waals surface area (Å²) >= 11 is 0. The highest BCUT2D eigenvalue weighted by Crippen LogP contribution is 2.44. The van der Waals surface area contributed by atoms with Crippen LogP contribution in [0.3, 0.4) is 0 Å². The third-order valence-corrected chi connectivity index (χ3v) is 8.52. The molecular weight excluding hydrogens is 506 g/mol. The molecule has 0 saturated carbocycles. The van der Waals surface area contributed by atoms with E-state index in [0.29, 0.717) is 17.6 Å². The Morgan fingerprint density at radius 1 is 1.18 bits per heavy atom. The van der Waals surface area contributed by atoms with Crippen molar-refractivity contribution in [2.45, 2.75) is 58.5 Å². The summed E-state index contributed by atoms with van der Waals surface area (Å²) in [6.07, 6.45) is 1.36. The quantitative estimate of drug-likeness (QED) is 0.296. The van der Waals surface area contributed by atoms with E-state index in [4.69, 9.17) is 0 Å². The van der Waals surface area contributed by atoms with Crippen LogP contribution in [-0.4, -0.2) is 39.5 Å². The van der Waals surface area contributed by atoms with Gasteiger partial charge in [-0.25, -0.2) is 17.8 Å². The van der Waals surface area contributed by atoms with E-state index in [9.17, 15) is 23.1 Å². The van der Waals surface area contributed by atoms with Gasteiger partial charge in [-0.3, -0.25) is 9.59 Å². The Morgan fingerprint density at radius 2 is 1.92 bits per heavy atom. The maximum absolute atomic E-state index is 12.8. The molecule has 11 heteroatoms. The van der Waals surface area contributed by atoms with Crippen LogP contribution in [0.2, 0.25) is 0 Å². The number of benzene rings is 2. The van der Waals surface area contributed by atoms with Crippen LogP contribution < -0.4 is 10.3 Å². The molecule has 0 bridgehead atoms. The average molecular weight is 538 g/mol. The number of H-pyrrole nitrogens is 1. The molecule has 0 aliphatic heterocycles. The van der Waals surface area contributed by atoms with Crippen LogP contribution in [0, 0.1) is 19.3 Å². The Kier molecular flexibility index (Phi) is 7.26. The number of rotatable bonds is 9. The Labute approximate surface area is 220 Å². The van der Waals surface area contributed by atoms with Crippen LogP contribution in [0.15, 0.2) is 58.4 Å². The second-order valence-corrected chi connectivity index (χ2v) is 11.6. The second kappa shape index (κ2) is 10.1. The zero-order valence-corrected chi connectivity index (χ0v) is 22.8. The fourth-order valence-corrected chi connectivity index (χ4v) is 5.83. The highest BCUT2D eigenvalue weighted by atomic mass is 32.2. The minimum absolute atomic E-state index is 0.0700. The molecule has 2 aromatic carbocycles. The molecule has 4 aromatic rings. The molecule has 2 heterocycles. The van der Waals surface area contributed by atoms with E-state index in [1.54, 1.807) is 18.5 Å². The summed E-state index contributed by atoms with van der Waals surface area (Å²) in [4.78, 5) is 26.5. The summed E-state index contributed by atoms with van der Waals surface area (Å²) in [5.41, 5.74) is 3.53. The molecule has 0 unspecified atom stereocenters. The number of aromatic nitrogens is 4. The number of sulfonamides is 1. The highest BCUT2D eigenvalue weighted by Gasteiger charge is 2.40. The van der Waals surface area contributed by atoms with Crippen molar-refractivity contribution in [2.24, 2.45) is 5.41 Å². The lowest BCUT2D eigenvalue weighted by Crippen LogP contribution is -2.33. The number of nitrogens with one attached hydrogen (secondary N) is 2. The first-order chi connectivity index (χ1) is 17.9. The van der Waals surface area contributed by atoms with Crippen LogP contribution in [0.25, 0.3) is 11.0 Å². The number of hydrogen-bond donors (Lipinski definition) is 3. The minimum atomic E-state index is -4.07. The largest absolute Gasteiger partial charge is 0.481 e. The molecule has 1 atom stereocenters. The standard InChI is InChI=1S/C27H31N5O5S/c1-6-32-21-12-11-20(17(3)24(21)30-31-32)23(27(4,5)26(34)35)18-10-9-16(2)19(14-18)15-29-38(36,37)22-8-7-13-28-25(22)33/h7-14,23,29H,6,15H2,1-5H3,(H,28,33)(H,34,35)/t23-/m1/s1. The zero-order chi connectivity index (χ0) is 27.8. The van der Waals surface area contributed by atoms with Crippen LogP contribution >= 0.6 is 0 Å². The first-order valence-electron chi connectivity index (χ1n) is 12.2. The summed E-state index contributed by atoms with van der Waals surface area (Å²) in [6.45, 7) is 9.68. The van der Waals surface area contributed by atoms with Gasteiger partial charge in [-0.2, -0.15) is 0 Å². The second-order valence-electron chi connectivity index (χ2n) is 9.89. The van der Waals surface area contributed by atoms with Gasteiger partial charge in [0.1, 0.15) is 10.4 Å². The van der Waals surface area contributed by atoms with Crippen molar-refractivity contribution in [3.8, 4) is 0 Å². The van der Waals surface area contributed by atoms with E-state index in [0.717, 1.165) is 27.8 Å². The molecule has 200 valence electrons. The number of nitrogens with zero attached hydrogens (tertiary/aromatic N) is 3. The lowest BCUT2D eigenvalue weighted by atomic mass is 9.69. The van der Waals surface area contributed by atoms with Crippen molar-refractivity contribution in [2.75, 3.05) is 0 Å². The molecule has 0 radical (unpaired) electrons. The first kappa shape index (κ1) is 27.2. The molecule has 0 aliphatic rings. The monoisotopic (exact) mass is 537 g/mol. The maximum Gasteiger partial charge on any atom is 0.310 e. The number of pyridine rings is 1. The number of carboxylic acid groups (broad SMARTS) is 1. The predicted octanol–water partition coefficient (Wildman–Crippen LogP) is 3.48. The number of aryl methyl sites for hydroxylation is 3. The van der Waals surface area contributed by atoms with Gasteiger partial charge in [0.15, 0.2) is 0 Å². The van der Waals surface area contributed by atoms with Gasteiger partial charge in [0.2, 0.25) is 10.0 Å². The minimum Gasteiger partial charge on any atom is -0.481 e. The molecule has 10 nitrogen and oxygen atoms in total. The summed E-state index contributed by atoms with van der Waals surface area (Å²) in [5, 5.41) is 18.8. The predicted molar refractivity (Wildman–Crippen MR) is 143 cm³/mol. The smallest absolute Gasteiger partial charge is 0.310 e. The Hall–Kier alpha value is -3.83. The molecular formula is C27H31N5O5S. The molecule has 0 amide bonds. The van der Waals surface area contributed by atoms with Crippen molar-refractivity contribution >= 4 is 27.0 Å². The first-order valence-corrected chi connectivity index (χ1v) is 13.7. The highest BCUT2D eigenvalue weighted by molar-refractivity contribution is 7.89. The third kappa shape index (κ3) is 4.86. The Morgan fingerprint density at radius 3 is 2.58 bits per heavy atom. The van der Waals surface area contributed by atoms with Crippen molar-refractivity contribution in [1.82, 2.24) is 24.7 Å². The summed E-state index contributed by atoms with van der Waals surface area (Å²) in [7, 11) is -4.07. The van der Waals surface area contributed by atoms with Gasteiger partial charge in [-0.05, 0) is 80.6 Å². The van der Waals surface area contributed by atoms with E-state index < -0.39 is 32.9 Å². The summed E-state index contributed by atoms with van der Waals surface area (Å²) in [6, 6.07) is 12.1. The molecule has 4 rings (SSSR count). The van der Waals surface area contributed by atoms with E-state index in [1.165, 1.54) is 18.3 Å². The van der Waals surface area contributed by atoms with Crippen molar-refractivity contribution in [3.63, 3.8) is 0 Å². The van der Waals surface area contributed by atoms with E-state index >= 15 is 0 Å². The number of carbonyl (C=O) groups is 1. The average Bonchev–Trinajstić information content (AvgIpc) is 3.29. The third-order valence-electron chi connectivity index (χ3n) is 7.10. The molecule has 0 spiro atoms. The Balaban J connectivity index is 1.79. The van der Waals surface area contributed by atoms with E-state index in [-0.39, 0.29) is 11.4 Å². The van der Waals surface area contributed by atoms with Gasteiger partial charge in [0.05, 0.1) is 10.9 Å². The SMILES string of the molecule is CCn1nnc2c(C)c([C@@H](c3ccc(C)c(CNS(=O)(=O)c4ccc[nH]c4=O)c3)C(C)(C)C(=O)O)ccc21. The number of aliphatic carboxylic acids is 1. The zero-order valence-electron chi connectivity index (χ0n) is 21.9. The van der Waals surface area contributed by atoms with Crippen molar-refractivity contribution in [3.05, 3.63) is 86.8 Å². The molecule has 0 aliphatic carbocycles. The lowest BCUT2D eigenvalue weighted by Gasteiger charge is -2.33. The van der Waals surface area contributed by atoms with Crippen LogP contribution in [0.5, 0.6) is 0 Å². The number of carboxylic acids is 1. The fraction of sp³-hybridized carbons (Fsp3) is 0.333. The fourth-order valence-electron chi connectivity index (χ4n) is 4.77. The van der Waals surface area contributed by atoms with Crippen LogP contribution in [0.4, 0.5) is 0 Å². The summed E-state index contributed by atoms with van der Waals surface area (Å²) < 4.78 is 29.9. The van der Waals surface area contributed by atoms with Crippen LogP contribution in [0.1, 0.15) is 54.5 Å². The summed E-state index contributed by atoms with van der Waals surface area (Å²) in [5.74, 6) is -1.53. The number of hydrogen-bond acceptors (Lipinski definition) is 6. The molecule has 0 fully saturated rings. The number of aromatic amines is 1. The molecule has 0 saturated heterocycles. The van der Waals surface area contributed by atoms with Gasteiger partial charge in [-0.1, -0.05) is 29.5 Å². The topological polar surface area (TPSA) is 147 Å². The van der Waals surface area contributed by atoms with Crippen LogP contribution in [-0.2, 0) is 27.9 Å². The van der Waals surface area contributed by atoms with Gasteiger partial charge in [0.25, 0.3) is 5.56 Å². The normalized spacial score (nSPS) is 13.1. The van der Waals surface area contributed by atoms with Gasteiger partial charge in [0, 0.05) is 25.2 Å². The lowest BCUT2D eigenvalue weighted by molar-refractivity contribution is -0.147. The maximum atomic E-state index is 12.8. The Bertz CT molecular complexity index is 1690.